The minimum atomic E-state index is 0.183. The smallest absolute Gasteiger partial charge is 0.0420 e. The Morgan fingerprint density at radius 1 is 1.64 bits per heavy atom. The van der Waals surface area contributed by atoms with Crippen LogP contribution in [0.15, 0.2) is 12.3 Å². The molecule has 2 nitrogen and oxygen atoms in total. The van der Waals surface area contributed by atoms with E-state index in [9.17, 15) is 0 Å². The number of hydrogen-bond donors (Lipinski definition) is 1. The highest BCUT2D eigenvalue weighted by Gasteiger charge is 2.08. The van der Waals surface area contributed by atoms with Crippen molar-refractivity contribution in [2.75, 3.05) is 0 Å². The van der Waals surface area contributed by atoms with E-state index in [4.69, 9.17) is 5.73 Å². The molecule has 11 heavy (non-hydrogen) atoms. The van der Waals surface area contributed by atoms with Gasteiger partial charge in [0.2, 0.25) is 0 Å². The van der Waals surface area contributed by atoms with Crippen molar-refractivity contribution in [2.24, 2.45) is 11.7 Å². The van der Waals surface area contributed by atoms with Crippen LogP contribution in [0.5, 0.6) is 0 Å². The topological polar surface area (TPSA) is 38.9 Å². The molecular weight excluding hydrogens is 156 g/mol. The van der Waals surface area contributed by atoms with E-state index in [0.717, 1.165) is 6.42 Å². The molecule has 0 spiro atoms. The molecule has 0 unspecified atom stereocenters. The molecule has 1 aromatic rings. The van der Waals surface area contributed by atoms with Gasteiger partial charge in [0.1, 0.15) is 0 Å². The quantitative estimate of drug-likeness (QED) is 0.755. The number of nitrogens with two attached hydrogens (primary N) is 1. The third-order valence-electron chi connectivity index (χ3n) is 1.55. The summed E-state index contributed by atoms with van der Waals surface area (Å²) in [7, 11) is 0. The average molecular weight is 170 g/mol. The lowest BCUT2D eigenvalue weighted by atomic mass is 10.0. The van der Waals surface area contributed by atoms with E-state index in [1.807, 2.05) is 6.07 Å². The molecule has 0 saturated carbocycles. The summed E-state index contributed by atoms with van der Waals surface area (Å²) in [6, 6.07) is 2.18. The summed E-state index contributed by atoms with van der Waals surface area (Å²) in [5.74, 6) is 0.659. The van der Waals surface area contributed by atoms with Crippen molar-refractivity contribution < 1.29 is 0 Å². The van der Waals surface area contributed by atoms with E-state index >= 15 is 0 Å². The van der Waals surface area contributed by atoms with Crippen LogP contribution in [-0.4, -0.2) is 4.37 Å². The van der Waals surface area contributed by atoms with Crippen LogP contribution < -0.4 is 5.73 Å². The standard InChI is InChI=1S/C8H14N2S/c1-6(2)5-7(9)8-3-4-10-11-8/h3-4,6-7H,5,9H2,1-2H3/t7-/m1/s1. The van der Waals surface area contributed by atoms with Crippen molar-refractivity contribution in [1.29, 1.82) is 0 Å². The molecule has 0 saturated heterocycles. The van der Waals surface area contributed by atoms with Crippen molar-refractivity contribution in [1.82, 2.24) is 4.37 Å². The summed E-state index contributed by atoms with van der Waals surface area (Å²) in [4.78, 5) is 1.19. The van der Waals surface area contributed by atoms with Gasteiger partial charge in [-0.15, -0.1) is 0 Å². The first-order valence-corrected chi connectivity index (χ1v) is 4.63. The van der Waals surface area contributed by atoms with Crippen molar-refractivity contribution in [3.8, 4) is 0 Å². The Morgan fingerprint density at radius 2 is 2.36 bits per heavy atom. The summed E-state index contributed by atoms with van der Waals surface area (Å²) in [5.41, 5.74) is 5.91. The third-order valence-corrected chi connectivity index (χ3v) is 2.43. The third kappa shape index (κ3) is 2.60. The fourth-order valence-corrected chi connectivity index (χ4v) is 1.64. The zero-order valence-electron chi connectivity index (χ0n) is 6.95. The molecule has 2 N–H and O–H groups in total. The lowest BCUT2D eigenvalue weighted by Gasteiger charge is -2.10. The lowest BCUT2D eigenvalue weighted by Crippen LogP contribution is -2.11. The van der Waals surface area contributed by atoms with E-state index in [-0.39, 0.29) is 6.04 Å². The Hall–Kier alpha value is -0.410. The predicted molar refractivity (Wildman–Crippen MR) is 48.5 cm³/mol. The maximum absolute atomic E-state index is 5.91. The second kappa shape index (κ2) is 3.83. The van der Waals surface area contributed by atoms with Gasteiger partial charge >= 0.3 is 0 Å². The first kappa shape index (κ1) is 8.68. The van der Waals surface area contributed by atoms with Crippen LogP contribution in [0.3, 0.4) is 0 Å². The summed E-state index contributed by atoms with van der Waals surface area (Å²) < 4.78 is 4.01. The zero-order chi connectivity index (χ0) is 8.27. The zero-order valence-corrected chi connectivity index (χ0v) is 7.77. The van der Waals surface area contributed by atoms with Crippen LogP contribution in [-0.2, 0) is 0 Å². The van der Waals surface area contributed by atoms with Gasteiger partial charge in [-0.1, -0.05) is 13.8 Å². The van der Waals surface area contributed by atoms with Crippen molar-refractivity contribution in [3.63, 3.8) is 0 Å². The van der Waals surface area contributed by atoms with E-state index in [1.165, 1.54) is 16.4 Å². The highest BCUT2D eigenvalue weighted by Crippen LogP contribution is 2.20. The molecule has 0 amide bonds. The van der Waals surface area contributed by atoms with Crippen LogP contribution in [0.4, 0.5) is 0 Å². The molecular formula is C8H14N2S. The van der Waals surface area contributed by atoms with E-state index < -0.39 is 0 Å². The van der Waals surface area contributed by atoms with Crippen molar-refractivity contribution >= 4 is 11.5 Å². The maximum atomic E-state index is 5.91. The molecule has 0 aliphatic carbocycles. The number of nitrogens with zero attached hydrogens (tertiary/aromatic N) is 1. The highest BCUT2D eigenvalue weighted by molar-refractivity contribution is 7.05. The molecule has 3 heteroatoms. The van der Waals surface area contributed by atoms with Gasteiger partial charge in [-0.05, 0) is 29.9 Å². The van der Waals surface area contributed by atoms with Gasteiger partial charge in [0.05, 0.1) is 0 Å². The van der Waals surface area contributed by atoms with Gasteiger partial charge in [-0.25, -0.2) is 4.37 Å². The van der Waals surface area contributed by atoms with Gasteiger partial charge in [0.15, 0.2) is 0 Å². The van der Waals surface area contributed by atoms with Gasteiger partial charge in [-0.3, -0.25) is 0 Å². The number of hydrogen-bond acceptors (Lipinski definition) is 3. The minimum absolute atomic E-state index is 0.183. The van der Waals surface area contributed by atoms with Crippen molar-refractivity contribution in [2.45, 2.75) is 26.3 Å². The van der Waals surface area contributed by atoms with E-state index in [1.54, 1.807) is 6.20 Å². The molecule has 62 valence electrons. The molecule has 0 aliphatic heterocycles. The Morgan fingerprint density at radius 3 is 2.82 bits per heavy atom. The maximum Gasteiger partial charge on any atom is 0.0420 e. The number of rotatable bonds is 3. The molecule has 0 aromatic carbocycles. The first-order valence-electron chi connectivity index (χ1n) is 3.86. The molecule has 0 fully saturated rings. The largest absolute Gasteiger partial charge is 0.323 e. The molecule has 1 atom stereocenters. The fourth-order valence-electron chi connectivity index (χ4n) is 1.04. The summed E-state index contributed by atoms with van der Waals surface area (Å²) in [5, 5.41) is 0. The van der Waals surface area contributed by atoms with E-state index in [2.05, 4.69) is 18.2 Å². The SMILES string of the molecule is CC(C)C[C@@H](N)c1ccns1. The van der Waals surface area contributed by atoms with Crippen LogP contribution in [0.1, 0.15) is 31.2 Å². The summed E-state index contributed by atoms with van der Waals surface area (Å²) >= 11 is 1.50. The van der Waals surface area contributed by atoms with Crippen LogP contribution in [0.25, 0.3) is 0 Å². The van der Waals surface area contributed by atoms with Crippen LogP contribution >= 0.6 is 11.5 Å². The van der Waals surface area contributed by atoms with Crippen LogP contribution in [0.2, 0.25) is 0 Å². The minimum Gasteiger partial charge on any atom is -0.323 e. The fraction of sp³-hybridized carbons (Fsp3) is 0.625. The van der Waals surface area contributed by atoms with Gasteiger partial charge < -0.3 is 5.73 Å². The summed E-state index contributed by atoms with van der Waals surface area (Å²) in [6.07, 6.45) is 2.85. The molecule has 1 heterocycles. The van der Waals surface area contributed by atoms with E-state index in [0.29, 0.717) is 5.92 Å². The second-order valence-corrected chi connectivity index (χ2v) is 4.02. The Balaban J connectivity index is 2.49. The Kier molecular flexibility index (Phi) is 3.02. The molecule has 0 radical (unpaired) electrons. The molecule has 0 bridgehead atoms. The molecule has 1 rings (SSSR count). The monoisotopic (exact) mass is 170 g/mol. The van der Waals surface area contributed by atoms with Gasteiger partial charge in [-0.2, -0.15) is 0 Å². The molecule has 0 aliphatic rings. The van der Waals surface area contributed by atoms with Gasteiger partial charge in [0, 0.05) is 17.1 Å². The average Bonchev–Trinajstić information content (AvgIpc) is 2.35. The van der Waals surface area contributed by atoms with Crippen LogP contribution in [0, 0.1) is 5.92 Å². The van der Waals surface area contributed by atoms with Gasteiger partial charge in [0.25, 0.3) is 0 Å². The molecule has 1 aromatic heterocycles. The Bertz CT molecular complexity index is 194. The highest BCUT2D eigenvalue weighted by atomic mass is 32.1. The normalized spacial score (nSPS) is 13.8. The lowest BCUT2D eigenvalue weighted by molar-refractivity contribution is 0.515. The summed E-state index contributed by atoms with van der Waals surface area (Å²) in [6.45, 7) is 4.36. The first-order chi connectivity index (χ1) is 5.20. The number of aromatic nitrogens is 1. The predicted octanol–water partition coefficient (Wildman–Crippen LogP) is 2.19. The van der Waals surface area contributed by atoms with Crippen molar-refractivity contribution in [3.05, 3.63) is 17.1 Å². The second-order valence-electron chi connectivity index (χ2n) is 3.15. The Labute approximate surface area is 71.6 Å².